The van der Waals surface area contributed by atoms with Gasteiger partial charge in [0, 0.05) is 24.7 Å². The topological polar surface area (TPSA) is 83.0 Å². The predicted molar refractivity (Wildman–Crippen MR) is 79.3 cm³/mol. The molecule has 2 unspecified atom stereocenters. The lowest BCUT2D eigenvalue weighted by Gasteiger charge is -2.09. The minimum atomic E-state index is -1.03. The molecule has 1 heterocycles. The van der Waals surface area contributed by atoms with Gasteiger partial charge in [-0.1, -0.05) is 13.8 Å². The van der Waals surface area contributed by atoms with Crippen LogP contribution >= 0.6 is 0 Å². The van der Waals surface area contributed by atoms with Crippen molar-refractivity contribution in [3.63, 3.8) is 0 Å². The molecule has 5 nitrogen and oxygen atoms in total. The predicted octanol–water partition coefficient (Wildman–Crippen LogP) is 0.476. The van der Waals surface area contributed by atoms with Crippen molar-refractivity contribution >= 4 is 11.9 Å². The van der Waals surface area contributed by atoms with E-state index in [4.69, 9.17) is 0 Å². The highest BCUT2D eigenvalue weighted by Gasteiger charge is 2.26. The summed E-state index contributed by atoms with van der Waals surface area (Å²) in [5.74, 6) is 0.724. The molecule has 0 aromatic rings. The number of carboxylic acids is 1. The number of esters is 1. The molecular weight excluding hydrogens is 270 g/mol. The Morgan fingerprint density at radius 3 is 2.10 bits per heavy atom. The van der Waals surface area contributed by atoms with E-state index in [0.29, 0.717) is 19.4 Å². The highest BCUT2D eigenvalue weighted by molar-refractivity contribution is 5.65. The van der Waals surface area contributed by atoms with Crippen LogP contribution in [-0.4, -0.2) is 31.6 Å². The molecule has 1 fully saturated rings. The molecule has 5 heteroatoms. The molecule has 2 N–H and O–H groups in total. The molecule has 0 spiro atoms. The maximum Gasteiger partial charge on any atom is 0.302 e. The van der Waals surface area contributed by atoms with Crippen molar-refractivity contribution in [1.29, 1.82) is 0 Å². The number of aliphatic carboxylic acids is 1. The summed E-state index contributed by atoms with van der Waals surface area (Å²) in [5, 5.41) is 12.4. The van der Waals surface area contributed by atoms with Gasteiger partial charge >= 0.3 is 5.97 Å². The second-order valence-electron chi connectivity index (χ2n) is 5.62. The number of nitrogens with two attached hydrogens (primary N) is 1. The van der Waals surface area contributed by atoms with Crippen LogP contribution < -0.4 is 10.4 Å². The first-order valence-corrected chi connectivity index (χ1v) is 8.16. The summed E-state index contributed by atoms with van der Waals surface area (Å²) < 4.78 is 4.65. The van der Waals surface area contributed by atoms with E-state index in [0.717, 1.165) is 18.3 Å². The summed E-state index contributed by atoms with van der Waals surface area (Å²) >= 11 is 0. The van der Waals surface area contributed by atoms with Gasteiger partial charge in [-0.2, -0.15) is 0 Å². The monoisotopic (exact) mass is 301 g/mol. The van der Waals surface area contributed by atoms with Gasteiger partial charge in [0.25, 0.3) is 0 Å². The molecule has 0 bridgehead atoms. The van der Waals surface area contributed by atoms with Gasteiger partial charge < -0.3 is 20.0 Å². The van der Waals surface area contributed by atoms with Crippen LogP contribution in [0.3, 0.4) is 0 Å². The van der Waals surface area contributed by atoms with E-state index in [1.54, 1.807) is 0 Å². The maximum atomic E-state index is 10.3. The third-order valence-corrected chi connectivity index (χ3v) is 3.98. The van der Waals surface area contributed by atoms with E-state index in [2.05, 4.69) is 23.9 Å². The van der Waals surface area contributed by atoms with Crippen molar-refractivity contribution < 1.29 is 24.7 Å². The Hall–Kier alpha value is -1.10. The van der Waals surface area contributed by atoms with Crippen molar-refractivity contribution in [3.8, 4) is 0 Å². The first-order chi connectivity index (χ1) is 10.0. The van der Waals surface area contributed by atoms with E-state index < -0.39 is 5.97 Å². The lowest BCUT2D eigenvalue weighted by Crippen LogP contribution is -2.81. The Morgan fingerprint density at radius 1 is 1.10 bits per heavy atom. The Kier molecular flexibility index (Phi) is 12.0. The zero-order valence-electron chi connectivity index (χ0n) is 13.7. The second-order valence-corrected chi connectivity index (χ2v) is 5.62. The summed E-state index contributed by atoms with van der Waals surface area (Å²) in [6.45, 7) is 9.12. The van der Waals surface area contributed by atoms with Gasteiger partial charge in [0.2, 0.25) is 0 Å². The van der Waals surface area contributed by atoms with Crippen molar-refractivity contribution in [2.75, 3.05) is 19.7 Å². The molecule has 21 heavy (non-hydrogen) atoms. The van der Waals surface area contributed by atoms with Crippen LogP contribution in [0.15, 0.2) is 0 Å². The molecular formula is C16H31NO4. The van der Waals surface area contributed by atoms with Crippen LogP contribution in [0.5, 0.6) is 0 Å². The summed E-state index contributed by atoms with van der Waals surface area (Å²) in [6, 6.07) is 0. The van der Waals surface area contributed by atoms with Gasteiger partial charge in [0.05, 0.1) is 19.7 Å². The number of carbonyl (C=O) groups excluding carboxylic acids is 2. The van der Waals surface area contributed by atoms with Gasteiger partial charge in [-0.05, 0) is 38.5 Å². The van der Waals surface area contributed by atoms with Crippen molar-refractivity contribution in [3.05, 3.63) is 0 Å². The van der Waals surface area contributed by atoms with Crippen LogP contribution in [-0.2, 0) is 14.3 Å². The number of hydrogen-bond acceptors (Lipinski definition) is 4. The third kappa shape index (κ3) is 11.3. The summed E-state index contributed by atoms with van der Waals surface area (Å²) in [5.41, 5.74) is 0. The lowest BCUT2D eigenvalue weighted by atomic mass is 9.92. The molecule has 0 aromatic heterocycles. The number of ether oxygens (including phenoxy) is 1. The second kappa shape index (κ2) is 12.6. The zero-order valence-corrected chi connectivity index (χ0v) is 13.7. The van der Waals surface area contributed by atoms with Crippen LogP contribution in [0.1, 0.15) is 59.3 Å². The van der Waals surface area contributed by atoms with Crippen LogP contribution in [0.25, 0.3) is 0 Å². The molecule has 1 rings (SSSR count). The van der Waals surface area contributed by atoms with Crippen molar-refractivity contribution in [1.82, 2.24) is 0 Å². The molecule has 1 aliphatic heterocycles. The fraction of sp³-hybridized carbons (Fsp3) is 0.875. The fourth-order valence-electron chi connectivity index (χ4n) is 2.67. The summed E-state index contributed by atoms with van der Waals surface area (Å²) in [6.07, 6.45) is 4.90. The van der Waals surface area contributed by atoms with Gasteiger partial charge in [-0.15, -0.1) is 0 Å². The lowest BCUT2D eigenvalue weighted by molar-refractivity contribution is -0.640. The minimum Gasteiger partial charge on any atom is -0.550 e. The van der Waals surface area contributed by atoms with Crippen LogP contribution in [0, 0.1) is 11.8 Å². The molecule has 0 saturated carbocycles. The van der Waals surface area contributed by atoms with Crippen LogP contribution in [0.4, 0.5) is 0 Å². The number of hydrogen-bond donors (Lipinski definition) is 1. The first-order valence-electron chi connectivity index (χ1n) is 8.16. The standard InChI is InChI=1S/C8H17N.C8H14O4/c1-3-7-5-9-6-8(7)4-2;1-7(9)12-6-4-2-3-5-8(10)11/h7-9H,3-6H2,1-2H3;2-6H2,1H3,(H,10,11). The van der Waals surface area contributed by atoms with Gasteiger partial charge in [0.1, 0.15) is 0 Å². The van der Waals surface area contributed by atoms with Crippen LogP contribution in [0.2, 0.25) is 0 Å². The fourth-order valence-corrected chi connectivity index (χ4v) is 2.67. The van der Waals surface area contributed by atoms with Crippen molar-refractivity contribution in [2.45, 2.75) is 59.3 Å². The number of unbranched alkanes of at least 4 members (excludes halogenated alkanes) is 2. The average molecular weight is 301 g/mol. The van der Waals surface area contributed by atoms with Gasteiger partial charge in [-0.25, -0.2) is 0 Å². The Morgan fingerprint density at radius 2 is 1.67 bits per heavy atom. The molecule has 0 aliphatic carbocycles. The molecule has 2 atom stereocenters. The number of carboxylic acid groups (broad SMARTS) is 1. The zero-order chi connectivity index (χ0) is 16.1. The highest BCUT2D eigenvalue weighted by Crippen LogP contribution is 2.18. The van der Waals surface area contributed by atoms with Crippen molar-refractivity contribution in [2.24, 2.45) is 11.8 Å². The molecule has 124 valence electrons. The summed E-state index contributed by atoms with van der Waals surface area (Å²) in [4.78, 5) is 20.2. The van der Waals surface area contributed by atoms with Gasteiger partial charge in [0.15, 0.2) is 0 Å². The molecule has 0 amide bonds. The van der Waals surface area contributed by atoms with Gasteiger partial charge in [-0.3, -0.25) is 4.79 Å². The molecule has 1 saturated heterocycles. The normalized spacial score (nSPS) is 20.5. The van der Waals surface area contributed by atoms with E-state index >= 15 is 0 Å². The molecule has 1 aliphatic rings. The van der Waals surface area contributed by atoms with E-state index in [9.17, 15) is 14.7 Å². The summed E-state index contributed by atoms with van der Waals surface area (Å²) in [7, 11) is 0. The minimum absolute atomic E-state index is 0.0834. The number of rotatable bonds is 8. The quantitative estimate of drug-likeness (QED) is 0.522. The Bertz CT molecular complexity index is 266. The number of quaternary nitrogens is 1. The van der Waals surface area contributed by atoms with E-state index in [1.165, 1.54) is 32.9 Å². The average Bonchev–Trinajstić information content (AvgIpc) is 2.90. The van der Waals surface area contributed by atoms with E-state index in [1.807, 2.05) is 0 Å². The Labute approximate surface area is 128 Å². The van der Waals surface area contributed by atoms with E-state index in [-0.39, 0.29) is 12.4 Å². The largest absolute Gasteiger partial charge is 0.550 e. The smallest absolute Gasteiger partial charge is 0.302 e. The third-order valence-electron chi connectivity index (χ3n) is 3.98. The molecule has 0 aromatic carbocycles. The first kappa shape index (κ1) is 19.9. The SMILES string of the molecule is CC(=O)OCCCCCC(=O)[O-].CCC1C[NH2+]CC1CC. The number of carbonyl (C=O) groups is 2. The molecule has 0 radical (unpaired) electrons. The maximum absolute atomic E-state index is 10.3. The highest BCUT2D eigenvalue weighted by atomic mass is 16.5. The Balaban J connectivity index is 0.000000394.